The van der Waals surface area contributed by atoms with E-state index in [1.807, 2.05) is 0 Å². The molecule has 6 heteroatoms. The minimum Gasteiger partial charge on any atom is -0.368 e. The van der Waals surface area contributed by atoms with E-state index >= 15 is 0 Å². The van der Waals surface area contributed by atoms with E-state index in [-0.39, 0.29) is 30.0 Å². The first-order chi connectivity index (χ1) is 10.8. The number of nitrogens with one attached hydrogen (secondary N) is 2. The quantitative estimate of drug-likeness (QED) is 0.792. The maximum absolute atomic E-state index is 12.6. The van der Waals surface area contributed by atoms with Crippen LogP contribution in [0.2, 0.25) is 0 Å². The molecule has 0 radical (unpaired) electrons. The highest BCUT2D eigenvalue weighted by atomic mass is 16.5. The van der Waals surface area contributed by atoms with Crippen LogP contribution in [-0.4, -0.2) is 61.1 Å². The Hall–Kier alpha value is -1.14. The topological polar surface area (TPSA) is 70.7 Å². The van der Waals surface area contributed by atoms with E-state index in [4.69, 9.17) is 4.74 Å². The molecular formula is C16H27N3O3. The van der Waals surface area contributed by atoms with Gasteiger partial charge in [0.15, 0.2) is 0 Å². The van der Waals surface area contributed by atoms with Gasteiger partial charge in [0.25, 0.3) is 5.91 Å². The Morgan fingerprint density at radius 1 is 1.09 bits per heavy atom. The zero-order valence-corrected chi connectivity index (χ0v) is 13.2. The van der Waals surface area contributed by atoms with Gasteiger partial charge in [0.1, 0.15) is 12.1 Å². The molecule has 0 bridgehead atoms. The number of rotatable bonds is 3. The van der Waals surface area contributed by atoms with Gasteiger partial charge in [-0.3, -0.25) is 9.59 Å². The number of carbonyl (C=O) groups is 2. The fourth-order valence-corrected chi connectivity index (χ4v) is 3.70. The van der Waals surface area contributed by atoms with Crippen LogP contribution in [0.5, 0.6) is 0 Å². The van der Waals surface area contributed by atoms with E-state index in [1.165, 1.54) is 0 Å². The van der Waals surface area contributed by atoms with Crippen molar-refractivity contribution in [2.45, 2.75) is 63.1 Å². The van der Waals surface area contributed by atoms with Crippen molar-refractivity contribution in [2.75, 3.05) is 26.2 Å². The van der Waals surface area contributed by atoms with Gasteiger partial charge in [0, 0.05) is 25.7 Å². The molecule has 2 N–H and O–H groups in total. The van der Waals surface area contributed by atoms with Gasteiger partial charge in [-0.25, -0.2) is 0 Å². The molecule has 2 amide bonds. The van der Waals surface area contributed by atoms with Crippen molar-refractivity contribution >= 4 is 11.8 Å². The molecule has 6 nitrogen and oxygen atoms in total. The summed E-state index contributed by atoms with van der Waals surface area (Å²) in [6, 6.07) is -0.116. The molecule has 22 heavy (non-hydrogen) atoms. The summed E-state index contributed by atoms with van der Waals surface area (Å²) in [5.74, 6) is 0.0267. The second-order valence-electron chi connectivity index (χ2n) is 6.60. The molecule has 3 heterocycles. The van der Waals surface area contributed by atoms with Crippen LogP contribution >= 0.6 is 0 Å². The average Bonchev–Trinajstić information content (AvgIpc) is 3.09. The molecule has 0 aromatic rings. The van der Waals surface area contributed by atoms with E-state index in [9.17, 15) is 9.59 Å². The number of carbonyl (C=O) groups excluding carboxylic acids is 2. The Kier molecular flexibility index (Phi) is 5.31. The lowest BCUT2D eigenvalue weighted by atomic mass is 9.99. The third kappa shape index (κ3) is 3.60. The van der Waals surface area contributed by atoms with Crippen LogP contribution in [-0.2, 0) is 14.3 Å². The van der Waals surface area contributed by atoms with Crippen LogP contribution in [0.4, 0.5) is 0 Å². The molecule has 124 valence electrons. The second kappa shape index (κ2) is 7.42. The summed E-state index contributed by atoms with van der Waals surface area (Å²) < 4.78 is 5.51. The lowest BCUT2D eigenvalue weighted by Gasteiger charge is -2.37. The molecule has 0 aliphatic carbocycles. The summed E-state index contributed by atoms with van der Waals surface area (Å²) in [6.07, 6.45) is 6.27. The fraction of sp³-hybridized carbons (Fsp3) is 0.875. The molecule has 3 aliphatic rings. The Balaban J connectivity index is 1.60. The monoisotopic (exact) mass is 309 g/mol. The number of hydrogen-bond donors (Lipinski definition) is 2. The van der Waals surface area contributed by atoms with Crippen LogP contribution in [0.15, 0.2) is 0 Å². The van der Waals surface area contributed by atoms with Gasteiger partial charge < -0.3 is 20.3 Å². The smallest absolute Gasteiger partial charge is 0.252 e. The third-order valence-corrected chi connectivity index (χ3v) is 4.94. The summed E-state index contributed by atoms with van der Waals surface area (Å²) in [5.41, 5.74) is 0. The first-order valence-electron chi connectivity index (χ1n) is 8.69. The Labute approximate surface area is 131 Å². The van der Waals surface area contributed by atoms with Gasteiger partial charge in [0.05, 0.1) is 0 Å². The van der Waals surface area contributed by atoms with Gasteiger partial charge in [-0.05, 0) is 51.5 Å². The van der Waals surface area contributed by atoms with E-state index in [0.29, 0.717) is 13.2 Å². The highest BCUT2D eigenvalue weighted by Crippen LogP contribution is 2.22. The zero-order chi connectivity index (χ0) is 15.4. The molecule has 3 rings (SSSR count). The molecule has 0 aromatic heterocycles. The fourth-order valence-electron chi connectivity index (χ4n) is 3.70. The van der Waals surface area contributed by atoms with Crippen LogP contribution in [0.25, 0.3) is 0 Å². The summed E-state index contributed by atoms with van der Waals surface area (Å²) in [7, 11) is 0. The van der Waals surface area contributed by atoms with Gasteiger partial charge in [0.2, 0.25) is 5.91 Å². The third-order valence-electron chi connectivity index (χ3n) is 4.94. The average molecular weight is 309 g/mol. The van der Waals surface area contributed by atoms with Crippen molar-refractivity contribution in [3.8, 4) is 0 Å². The number of nitrogens with zero attached hydrogens (tertiary/aromatic N) is 1. The van der Waals surface area contributed by atoms with Crippen molar-refractivity contribution in [1.29, 1.82) is 0 Å². The number of piperidine rings is 2. The lowest BCUT2D eigenvalue weighted by molar-refractivity contribution is -0.149. The molecule has 3 atom stereocenters. The normalized spacial score (nSPS) is 32.7. The summed E-state index contributed by atoms with van der Waals surface area (Å²) >= 11 is 0. The van der Waals surface area contributed by atoms with E-state index in [2.05, 4.69) is 10.6 Å². The first-order valence-corrected chi connectivity index (χ1v) is 8.69. The largest absolute Gasteiger partial charge is 0.368 e. The van der Waals surface area contributed by atoms with Gasteiger partial charge in [-0.15, -0.1) is 0 Å². The molecule has 0 spiro atoms. The summed E-state index contributed by atoms with van der Waals surface area (Å²) in [5, 5.41) is 6.43. The minimum atomic E-state index is -0.329. The number of ether oxygens (including phenoxy) is 1. The van der Waals surface area contributed by atoms with Gasteiger partial charge >= 0.3 is 0 Å². The Morgan fingerprint density at radius 2 is 2.00 bits per heavy atom. The predicted molar refractivity (Wildman–Crippen MR) is 82.4 cm³/mol. The zero-order valence-electron chi connectivity index (χ0n) is 13.2. The molecule has 3 fully saturated rings. The predicted octanol–water partition coefficient (Wildman–Crippen LogP) is 0.415. The Morgan fingerprint density at radius 3 is 2.73 bits per heavy atom. The minimum absolute atomic E-state index is 0.0131. The molecule has 3 aliphatic heterocycles. The SMILES string of the molecule is O=C(N[C@H]1CCCNC1)C1CCCCN1C(=O)C1CCCO1. The van der Waals surface area contributed by atoms with Crippen LogP contribution in [0.1, 0.15) is 44.9 Å². The van der Waals surface area contributed by atoms with Crippen molar-refractivity contribution < 1.29 is 14.3 Å². The van der Waals surface area contributed by atoms with Crippen molar-refractivity contribution in [1.82, 2.24) is 15.5 Å². The van der Waals surface area contributed by atoms with Crippen molar-refractivity contribution in [2.24, 2.45) is 0 Å². The van der Waals surface area contributed by atoms with Crippen LogP contribution < -0.4 is 10.6 Å². The first kappa shape index (κ1) is 15.7. The van der Waals surface area contributed by atoms with Gasteiger partial charge in [-0.2, -0.15) is 0 Å². The Bertz CT molecular complexity index is 403. The summed E-state index contributed by atoms with van der Waals surface area (Å²) in [6.45, 7) is 3.20. The lowest BCUT2D eigenvalue weighted by Crippen LogP contribution is -2.57. The van der Waals surface area contributed by atoms with Crippen molar-refractivity contribution in [3.63, 3.8) is 0 Å². The van der Waals surface area contributed by atoms with Crippen LogP contribution in [0.3, 0.4) is 0 Å². The van der Waals surface area contributed by atoms with E-state index in [1.54, 1.807) is 4.90 Å². The van der Waals surface area contributed by atoms with E-state index < -0.39 is 0 Å². The maximum atomic E-state index is 12.6. The van der Waals surface area contributed by atoms with E-state index in [0.717, 1.165) is 58.0 Å². The highest BCUT2D eigenvalue weighted by Gasteiger charge is 2.37. The van der Waals surface area contributed by atoms with Crippen LogP contribution in [0, 0.1) is 0 Å². The number of hydrogen-bond acceptors (Lipinski definition) is 4. The highest BCUT2D eigenvalue weighted by molar-refractivity contribution is 5.89. The maximum Gasteiger partial charge on any atom is 0.252 e. The second-order valence-corrected chi connectivity index (χ2v) is 6.60. The molecule has 3 saturated heterocycles. The molecule has 0 saturated carbocycles. The number of likely N-dealkylation sites (tertiary alicyclic amines) is 1. The molecule has 2 unspecified atom stereocenters. The summed E-state index contributed by atoms with van der Waals surface area (Å²) in [4.78, 5) is 27.0. The molecular weight excluding hydrogens is 282 g/mol. The van der Waals surface area contributed by atoms with Crippen molar-refractivity contribution in [3.05, 3.63) is 0 Å². The standard InChI is InChI=1S/C16H27N3O3/c20-15(18-12-5-3-8-17-11-12)13-6-1-2-9-19(13)16(21)14-7-4-10-22-14/h12-14,17H,1-11H2,(H,18,20)/t12-,13?,14?/m0/s1. The number of amides is 2. The van der Waals surface area contributed by atoms with Gasteiger partial charge in [-0.1, -0.05) is 0 Å². The molecule has 0 aromatic carbocycles.